The van der Waals surface area contributed by atoms with Crippen molar-refractivity contribution in [1.29, 1.82) is 0 Å². The molecule has 0 aromatic carbocycles. The fourth-order valence-corrected chi connectivity index (χ4v) is 0.368. The molecule has 1 radical (unpaired) electrons. The molecule has 41 valence electrons. The zero-order valence-electron chi connectivity index (χ0n) is 5.15. The van der Waals surface area contributed by atoms with Gasteiger partial charge in [0.2, 0.25) is 0 Å². The van der Waals surface area contributed by atoms with Gasteiger partial charge in [-0.2, -0.15) is 0 Å². The lowest BCUT2D eigenvalue weighted by Gasteiger charge is -1.95. The van der Waals surface area contributed by atoms with Crippen molar-refractivity contribution in [3.05, 3.63) is 19.1 Å². The maximum Gasteiger partial charge on any atom is -0.0265 e. The highest BCUT2D eigenvalue weighted by Crippen LogP contribution is 2.00. The van der Waals surface area contributed by atoms with Gasteiger partial charge in [0.15, 0.2) is 0 Å². The predicted molar refractivity (Wildman–Crippen MR) is 34.0 cm³/mol. The summed E-state index contributed by atoms with van der Waals surface area (Å²) in [5, 5.41) is 0. The molecule has 0 aromatic rings. The summed E-state index contributed by atoms with van der Waals surface area (Å²) in [6.07, 6.45) is 5.18. The van der Waals surface area contributed by atoms with Crippen LogP contribution in [0.3, 0.4) is 0 Å². The molecule has 7 heavy (non-hydrogen) atoms. The van der Waals surface area contributed by atoms with Crippen molar-refractivity contribution in [2.24, 2.45) is 5.92 Å². The molecular weight excluding hydrogens is 84.1 g/mol. The Hall–Kier alpha value is -0.260. The van der Waals surface area contributed by atoms with Crippen LogP contribution in [0.25, 0.3) is 0 Å². The van der Waals surface area contributed by atoms with Crippen molar-refractivity contribution in [1.82, 2.24) is 0 Å². The summed E-state index contributed by atoms with van der Waals surface area (Å²) in [4.78, 5) is 0. The van der Waals surface area contributed by atoms with Gasteiger partial charge >= 0.3 is 0 Å². The highest BCUT2D eigenvalue weighted by Gasteiger charge is 1.86. The van der Waals surface area contributed by atoms with E-state index in [1.54, 1.807) is 0 Å². The van der Waals surface area contributed by atoms with Gasteiger partial charge in [-0.05, 0) is 12.8 Å². The quantitative estimate of drug-likeness (QED) is 0.496. The molecule has 0 heterocycles. The van der Waals surface area contributed by atoms with Crippen LogP contribution in [0.5, 0.6) is 0 Å². The van der Waals surface area contributed by atoms with Gasteiger partial charge in [0.25, 0.3) is 0 Å². The first-order valence-corrected chi connectivity index (χ1v) is 2.77. The molecule has 0 saturated heterocycles. The summed E-state index contributed by atoms with van der Waals surface area (Å²) in [5.74, 6) is 0.706. The Kier molecular flexibility index (Phi) is 3.77. The van der Waals surface area contributed by atoms with Crippen molar-refractivity contribution in [3.8, 4) is 0 Å². The standard InChI is InChI=1S/C7H13/c1-4-6-7(3)5-2/h4,6-7H,1,5H2,2-3H3/b6-4+. The molecule has 0 aliphatic rings. The van der Waals surface area contributed by atoms with E-state index in [0.29, 0.717) is 5.92 Å². The fourth-order valence-electron chi connectivity index (χ4n) is 0.368. The van der Waals surface area contributed by atoms with Crippen molar-refractivity contribution in [3.63, 3.8) is 0 Å². The van der Waals surface area contributed by atoms with Gasteiger partial charge in [-0.25, -0.2) is 0 Å². The van der Waals surface area contributed by atoms with E-state index in [-0.39, 0.29) is 0 Å². The molecular formula is C7H13. The number of hydrogen-bond acceptors (Lipinski definition) is 0. The minimum atomic E-state index is 0.706. The third-order valence-corrected chi connectivity index (χ3v) is 1.11. The van der Waals surface area contributed by atoms with Crippen molar-refractivity contribution >= 4 is 0 Å². The smallest absolute Gasteiger partial charge is 0.0265 e. The van der Waals surface area contributed by atoms with Gasteiger partial charge in [-0.15, -0.1) is 0 Å². The summed E-state index contributed by atoms with van der Waals surface area (Å²) >= 11 is 0. The number of hydrogen-bond donors (Lipinski definition) is 0. The molecule has 0 saturated carbocycles. The molecule has 1 atom stereocenters. The largest absolute Gasteiger partial charge is 0.0880 e. The Bertz CT molecular complexity index is 53.1. The Labute approximate surface area is 46.2 Å². The van der Waals surface area contributed by atoms with Crippen LogP contribution in [0.4, 0.5) is 0 Å². The monoisotopic (exact) mass is 97.1 g/mol. The third-order valence-electron chi connectivity index (χ3n) is 1.11. The average molecular weight is 97.2 g/mol. The molecule has 1 unspecified atom stereocenters. The van der Waals surface area contributed by atoms with E-state index < -0.39 is 0 Å². The first-order valence-electron chi connectivity index (χ1n) is 2.77. The van der Waals surface area contributed by atoms with E-state index in [4.69, 9.17) is 0 Å². The maximum atomic E-state index is 3.59. The van der Waals surface area contributed by atoms with Crippen LogP contribution in [0, 0.1) is 12.8 Å². The molecule has 0 heteroatoms. The molecule has 0 rings (SSSR count). The maximum absolute atomic E-state index is 3.59. The Morgan fingerprint density at radius 3 is 2.43 bits per heavy atom. The zero-order chi connectivity index (χ0) is 5.70. The molecule has 0 nitrogen and oxygen atoms in total. The van der Waals surface area contributed by atoms with Crippen LogP contribution < -0.4 is 0 Å². The summed E-state index contributed by atoms with van der Waals surface area (Å²) in [7, 11) is 0. The van der Waals surface area contributed by atoms with Crippen LogP contribution in [0.15, 0.2) is 12.2 Å². The van der Waals surface area contributed by atoms with Gasteiger partial charge in [-0.3, -0.25) is 0 Å². The van der Waals surface area contributed by atoms with E-state index >= 15 is 0 Å². The average Bonchev–Trinajstić information content (AvgIpc) is 1.68. The molecule has 0 bridgehead atoms. The molecule has 0 aliphatic carbocycles. The topological polar surface area (TPSA) is 0 Å². The lowest BCUT2D eigenvalue weighted by Crippen LogP contribution is -1.81. The van der Waals surface area contributed by atoms with Gasteiger partial charge in [-0.1, -0.05) is 32.4 Å². The zero-order valence-corrected chi connectivity index (χ0v) is 5.15. The van der Waals surface area contributed by atoms with Gasteiger partial charge in [0, 0.05) is 0 Å². The molecule has 0 amide bonds. The second-order valence-electron chi connectivity index (χ2n) is 1.81. The van der Waals surface area contributed by atoms with Crippen LogP contribution >= 0.6 is 0 Å². The van der Waals surface area contributed by atoms with Crippen LogP contribution in [-0.4, -0.2) is 0 Å². The summed E-state index contributed by atoms with van der Waals surface area (Å²) < 4.78 is 0. The normalized spacial score (nSPS) is 15.3. The van der Waals surface area contributed by atoms with E-state index in [2.05, 4.69) is 26.8 Å². The lowest BCUT2D eigenvalue weighted by atomic mass is 10.1. The molecule has 0 fully saturated rings. The third kappa shape index (κ3) is 3.57. The fraction of sp³-hybridized carbons (Fsp3) is 0.571. The Balaban J connectivity index is 3.16. The van der Waals surface area contributed by atoms with Crippen molar-refractivity contribution in [2.45, 2.75) is 20.3 Å². The molecule has 0 N–H and O–H groups in total. The first-order chi connectivity index (χ1) is 3.31. The number of allylic oxidation sites excluding steroid dienone is 2. The number of rotatable bonds is 2. The van der Waals surface area contributed by atoms with Gasteiger partial charge in [0.05, 0.1) is 0 Å². The summed E-state index contributed by atoms with van der Waals surface area (Å²) in [5.41, 5.74) is 0. The lowest BCUT2D eigenvalue weighted by molar-refractivity contribution is 0.698. The SMILES string of the molecule is [CH2]/C=C/C(C)CC. The predicted octanol–water partition coefficient (Wildman–Crippen LogP) is 2.42. The van der Waals surface area contributed by atoms with Crippen LogP contribution in [0.1, 0.15) is 20.3 Å². The van der Waals surface area contributed by atoms with Gasteiger partial charge in [0.1, 0.15) is 0 Å². The molecule has 0 aromatic heterocycles. The second-order valence-corrected chi connectivity index (χ2v) is 1.81. The van der Waals surface area contributed by atoms with Gasteiger partial charge < -0.3 is 0 Å². The summed E-state index contributed by atoms with van der Waals surface area (Å²) in [6, 6.07) is 0. The highest BCUT2D eigenvalue weighted by molar-refractivity contribution is 4.87. The highest BCUT2D eigenvalue weighted by atomic mass is 13.9. The minimum absolute atomic E-state index is 0.706. The Morgan fingerprint density at radius 1 is 1.71 bits per heavy atom. The minimum Gasteiger partial charge on any atom is -0.0880 e. The van der Waals surface area contributed by atoms with Crippen molar-refractivity contribution in [2.75, 3.05) is 0 Å². The molecule has 0 aliphatic heterocycles. The van der Waals surface area contributed by atoms with Crippen LogP contribution in [-0.2, 0) is 0 Å². The molecule has 0 spiro atoms. The van der Waals surface area contributed by atoms with E-state index in [0.717, 1.165) is 0 Å². The second kappa shape index (κ2) is 3.91. The van der Waals surface area contributed by atoms with E-state index in [9.17, 15) is 0 Å². The Morgan fingerprint density at radius 2 is 2.29 bits per heavy atom. The van der Waals surface area contributed by atoms with E-state index in [1.807, 2.05) is 6.08 Å². The first kappa shape index (κ1) is 6.74. The van der Waals surface area contributed by atoms with Crippen molar-refractivity contribution < 1.29 is 0 Å². The van der Waals surface area contributed by atoms with Crippen LogP contribution in [0.2, 0.25) is 0 Å². The summed E-state index contributed by atoms with van der Waals surface area (Å²) in [6.45, 7) is 7.95. The van der Waals surface area contributed by atoms with E-state index in [1.165, 1.54) is 6.42 Å².